The predicted molar refractivity (Wildman–Crippen MR) is 123 cm³/mol. The van der Waals surface area contributed by atoms with Crippen LogP contribution in [0.15, 0.2) is 53.2 Å². The van der Waals surface area contributed by atoms with Crippen molar-refractivity contribution >= 4 is 46.8 Å². The van der Waals surface area contributed by atoms with E-state index in [2.05, 4.69) is 20.4 Å². The number of nitrogens with two attached hydrogens (primary N) is 2. The van der Waals surface area contributed by atoms with Crippen LogP contribution in [0, 0.1) is 0 Å². The molecule has 2 aromatic rings. The number of pyridine rings is 1. The van der Waals surface area contributed by atoms with Crippen LogP contribution in [0.1, 0.15) is 12.7 Å². The second-order valence-corrected chi connectivity index (χ2v) is 8.68. The van der Waals surface area contributed by atoms with Crippen LogP contribution < -0.4 is 26.5 Å². The van der Waals surface area contributed by atoms with Crippen molar-refractivity contribution in [3.63, 3.8) is 0 Å². The molecule has 0 aromatic carbocycles. The molecule has 4 heterocycles. The van der Waals surface area contributed by atoms with Gasteiger partial charge in [0.1, 0.15) is 23.8 Å². The lowest BCUT2D eigenvalue weighted by atomic mass is 10.0. The number of rotatable bonds is 8. The SMILES string of the molecule is CCO/N=C(\C(=O)NC1C(=O)N2C(C(=O)[O-])=C(C[n+]3cccc(N)c3)CS[C@H]12)c1nccc(N)n1. The third-order valence-electron chi connectivity index (χ3n) is 5.17. The Hall–Kier alpha value is -4.20. The number of carboxylic acids is 1. The number of anilines is 2. The number of β-lactam (4-membered cyclic amide) rings is 1. The molecular weight excluding hydrogens is 476 g/mol. The number of hydrogen-bond acceptors (Lipinski definition) is 11. The van der Waals surface area contributed by atoms with Crippen molar-refractivity contribution < 1.29 is 28.9 Å². The summed E-state index contributed by atoms with van der Waals surface area (Å²) in [6.45, 7) is 2.08. The molecule has 35 heavy (non-hydrogen) atoms. The number of amides is 2. The number of carboxylic acid groups (broad SMARTS) is 1. The normalized spacial score (nSPS) is 19.6. The molecule has 2 aliphatic rings. The van der Waals surface area contributed by atoms with Crippen LogP contribution in [-0.2, 0) is 25.8 Å². The van der Waals surface area contributed by atoms with Gasteiger partial charge in [0.15, 0.2) is 24.8 Å². The van der Waals surface area contributed by atoms with E-state index in [1.165, 1.54) is 24.0 Å². The first kappa shape index (κ1) is 23.9. The Balaban J connectivity index is 1.54. The second kappa shape index (κ2) is 9.97. The predicted octanol–water partition coefficient (Wildman–Crippen LogP) is -2.23. The molecule has 2 atom stereocenters. The first-order chi connectivity index (χ1) is 16.8. The number of nitrogens with zero attached hydrogens (tertiary/aromatic N) is 5. The molecule has 2 amide bonds. The van der Waals surface area contributed by atoms with Gasteiger partial charge in [-0.25, -0.2) is 9.97 Å². The maximum Gasteiger partial charge on any atom is 0.278 e. The van der Waals surface area contributed by atoms with E-state index in [1.54, 1.807) is 36.0 Å². The van der Waals surface area contributed by atoms with E-state index in [-0.39, 0.29) is 36.2 Å². The van der Waals surface area contributed by atoms with Crippen molar-refractivity contribution in [2.24, 2.45) is 5.16 Å². The monoisotopic (exact) mass is 498 g/mol. The van der Waals surface area contributed by atoms with Gasteiger partial charge in [-0.3, -0.25) is 14.5 Å². The van der Waals surface area contributed by atoms with Crippen LogP contribution in [0.25, 0.3) is 0 Å². The Bertz CT molecular complexity index is 1250. The van der Waals surface area contributed by atoms with E-state index in [0.717, 1.165) is 4.90 Å². The van der Waals surface area contributed by atoms with Gasteiger partial charge in [-0.05, 0) is 19.1 Å². The molecule has 4 rings (SSSR count). The summed E-state index contributed by atoms with van der Waals surface area (Å²) in [5, 5.41) is 17.7. The molecule has 0 aliphatic carbocycles. The molecule has 5 N–H and O–H groups in total. The maximum absolute atomic E-state index is 13.0. The number of aliphatic carboxylic acids is 1. The summed E-state index contributed by atoms with van der Waals surface area (Å²) in [6.07, 6.45) is 4.76. The number of fused-ring (bicyclic) bond motifs is 1. The lowest BCUT2D eigenvalue weighted by Gasteiger charge is -2.50. The molecule has 182 valence electrons. The molecule has 14 heteroatoms. The van der Waals surface area contributed by atoms with Gasteiger partial charge in [-0.2, -0.15) is 4.57 Å². The summed E-state index contributed by atoms with van der Waals surface area (Å²) in [7, 11) is 0. The molecule has 1 unspecified atom stereocenters. The molecule has 1 fully saturated rings. The average molecular weight is 499 g/mol. The molecular formula is C21H22N8O5S. The minimum absolute atomic E-state index is 0.0763. The standard InChI is InChI=1S/C21H22N8O5S/c1-2-34-27-14(17-24-6-5-13(23)25-17)18(30)26-15-19(31)29-16(21(32)33)11(10-35-20(15)29)8-28-7-3-4-12(22)9-28/h3-7,9,15,20H,2,8,10,22H2,1H3,(H3-,23,24,25,26,30,32,33)/b27-14-/t15?,20-/m1/s1. The van der Waals surface area contributed by atoms with Crippen molar-refractivity contribution in [2.45, 2.75) is 24.9 Å². The van der Waals surface area contributed by atoms with Crippen LogP contribution in [0.2, 0.25) is 0 Å². The zero-order valence-electron chi connectivity index (χ0n) is 18.6. The van der Waals surface area contributed by atoms with Crippen molar-refractivity contribution in [2.75, 3.05) is 23.8 Å². The molecule has 1 saturated heterocycles. The summed E-state index contributed by atoms with van der Waals surface area (Å²) < 4.78 is 1.72. The van der Waals surface area contributed by atoms with Gasteiger partial charge < -0.3 is 31.5 Å². The maximum atomic E-state index is 13.0. The number of oxime groups is 1. The van der Waals surface area contributed by atoms with Crippen LogP contribution in [0.5, 0.6) is 0 Å². The van der Waals surface area contributed by atoms with E-state index < -0.39 is 29.2 Å². The average Bonchev–Trinajstić information content (AvgIpc) is 2.82. The topological polar surface area (TPSA) is 193 Å². The van der Waals surface area contributed by atoms with E-state index >= 15 is 0 Å². The fourth-order valence-corrected chi connectivity index (χ4v) is 5.00. The highest BCUT2D eigenvalue weighted by Crippen LogP contribution is 2.40. The first-order valence-electron chi connectivity index (χ1n) is 10.5. The van der Waals surface area contributed by atoms with Gasteiger partial charge in [0.2, 0.25) is 5.71 Å². The Morgan fingerprint density at radius 1 is 1.40 bits per heavy atom. The minimum atomic E-state index is -1.47. The van der Waals surface area contributed by atoms with E-state index in [4.69, 9.17) is 16.3 Å². The van der Waals surface area contributed by atoms with Crippen LogP contribution >= 0.6 is 11.8 Å². The Kier molecular flexibility index (Phi) is 6.82. The highest BCUT2D eigenvalue weighted by atomic mass is 32.2. The van der Waals surface area contributed by atoms with Gasteiger partial charge in [0.25, 0.3) is 11.8 Å². The Morgan fingerprint density at radius 3 is 2.89 bits per heavy atom. The molecule has 0 bridgehead atoms. The van der Waals surface area contributed by atoms with Crippen molar-refractivity contribution in [1.82, 2.24) is 20.2 Å². The zero-order valence-corrected chi connectivity index (χ0v) is 19.4. The summed E-state index contributed by atoms with van der Waals surface area (Å²) in [5.74, 6) is -2.47. The van der Waals surface area contributed by atoms with Crippen molar-refractivity contribution in [1.29, 1.82) is 0 Å². The number of nitrogen functional groups attached to an aromatic ring is 2. The number of thioether (sulfide) groups is 1. The summed E-state index contributed by atoms with van der Waals surface area (Å²) in [5.41, 5.74) is 12.0. The first-order valence-corrected chi connectivity index (χ1v) is 11.6. The minimum Gasteiger partial charge on any atom is -0.543 e. The molecule has 0 saturated carbocycles. The van der Waals surface area contributed by atoms with Crippen LogP contribution in [0.4, 0.5) is 11.5 Å². The highest BCUT2D eigenvalue weighted by molar-refractivity contribution is 8.00. The van der Waals surface area contributed by atoms with Gasteiger partial charge in [0, 0.05) is 23.6 Å². The fourth-order valence-electron chi connectivity index (χ4n) is 3.66. The fraction of sp³-hybridized carbons (Fsp3) is 0.286. The van der Waals surface area contributed by atoms with Gasteiger partial charge >= 0.3 is 0 Å². The summed E-state index contributed by atoms with van der Waals surface area (Å²) in [4.78, 5) is 52.0. The van der Waals surface area contributed by atoms with E-state index in [9.17, 15) is 19.5 Å². The highest BCUT2D eigenvalue weighted by Gasteiger charge is 2.53. The number of carbonyl (C=O) groups excluding carboxylic acids is 3. The number of nitrogens with one attached hydrogen (secondary N) is 1. The lowest BCUT2D eigenvalue weighted by Crippen LogP contribution is -2.71. The smallest absolute Gasteiger partial charge is 0.278 e. The third-order valence-corrected chi connectivity index (χ3v) is 6.51. The van der Waals surface area contributed by atoms with E-state index in [0.29, 0.717) is 17.0 Å². The van der Waals surface area contributed by atoms with E-state index in [1.807, 2.05) is 0 Å². The summed E-state index contributed by atoms with van der Waals surface area (Å²) in [6, 6.07) is 3.90. The van der Waals surface area contributed by atoms with Crippen molar-refractivity contribution in [3.05, 3.63) is 53.9 Å². The molecule has 13 nitrogen and oxygen atoms in total. The van der Waals surface area contributed by atoms with Crippen LogP contribution in [-0.4, -0.2) is 62.1 Å². The number of aromatic nitrogens is 3. The number of carbonyl (C=O) groups is 3. The quantitative estimate of drug-likeness (QED) is 0.155. The molecule has 2 aromatic heterocycles. The van der Waals surface area contributed by atoms with Crippen LogP contribution in [0.3, 0.4) is 0 Å². The summed E-state index contributed by atoms with van der Waals surface area (Å²) >= 11 is 1.32. The molecule has 0 spiro atoms. The molecule has 0 radical (unpaired) electrons. The zero-order chi connectivity index (χ0) is 25.1. The largest absolute Gasteiger partial charge is 0.543 e. The third kappa shape index (κ3) is 4.87. The molecule has 2 aliphatic heterocycles. The number of hydrogen-bond donors (Lipinski definition) is 3. The Morgan fingerprint density at radius 2 is 2.20 bits per heavy atom. The Labute approximate surface area is 203 Å². The van der Waals surface area contributed by atoms with Gasteiger partial charge in [-0.1, -0.05) is 5.16 Å². The lowest BCUT2D eigenvalue weighted by molar-refractivity contribution is -0.688. The van der Waals surface area contributed by atoms with Gasteiger partial charge in [0.05, 0.1) is 17.4 Å². The van der Waals surface area contributed by atoms with Gasteiger partial charge in [-0.15, -0.1) is 11.8 Å². The van der Waals surface area contributed by atoms with Crippen molar-refractivity contribution in [3.8, 4) is 0 Å². The second-order valence-electron chi connectivity index (χ2n) is 7.57.